The predicted octanol–water partition coefficient (Wildman–Crippen LogP) is 5.04. The highest BCUT2D eigenvalue weighted by Crippen LogP contribution is 2.28. The Kier molecular flexibility index (Phi) is 4.31. The van der Waals surface area contributed by atoms with Crippen molar-refractivity contribution in [2.24, 2.45) is 0 Å². The van der Waals surface area contributed by atoms with Gasteiger partial charge in [0.15, 0.2) is 0 Å². The van der Waals surface area contributed by atoms with E-state index in [0.717, 1.165) is 11.3 Å². The summed E-state index contributed by atoms with van der Waals surface area (Å²) in [6.45, 7) is 2.00. The van der Waals surface area contributed by atoms with E-state index in [1.165, 1.54) is 0 Å². The number of nitrogens with zero attached hydrogens (tertiary/aromatic N) is 1. The van der Waals surface area contributed by atoms with Crippen LogP contribution < -0.4 is 5.32 Å². The van der Waals surface area contributed by atoms with Gasteiger partial charge in [0.25, 0.3) is 0 Å². The van der Waals surface area contributed by atoms with Crippen molar-refractivity contribution in [2.45, 2.75) is 13.0 Å². The molecule has 0 amide bonds. The van der Waals surface area contributed by atoms with Crippen molar-refractivity contribution < 1.29 is 0 Å². The Morgan fingerprint density at radius 1 is 1.16 bits per heavy atom. The van der Waals surface area contributed by atoms with Crippen LogP contribution in [-0.2, 0) is 0 Å². The Bertz CT molecular complexity index is 632. The zero-order valence-electron chi connectivity index (χ0n) is 10.3. The van der Waals surface area contributed by atoms with Crippen LogP contribution in [0.2, 0.25) is 10.0 Å². The first kappa shape index (κ1) is 13.7. The smallest absolute Gasteiger partial charge is 0.0992 e. The Morgan fingerprint density at radius 2 is 1.95 bits per heavy atom. The molecule has 0 radical (unpaired) electrons. The van der Waals surface area contributed by atoms with Crippen LogP contribution >= 0.6 is 23.2 Å². The maximum atomic E-state index is 8.88. The number of rotatable bonds is 3. The largest absolute Gasteiger partial charge is 0.378 e. The zero-order valence-corrected chi connectivity index (χ0v) is 11.8. The van der Waals surface area contributed by atoms with Gasteiger partial charge < -0.3 is 5.32 Å². The minimum absolute atomic E-state index is 0.000132. The monoisotopic (exact) mass is 290 g/mol. The van der Waals surface area contributed by atoms with Crippen LogP contribution in [0.25, 0.3) is 0 Å². The molecule has 4 heteroatoms. The maximum Gasteiger partial charge on any atom is 0.0992 e. The molecule has 1 unspecified atom stereocenters. The molecule has 1 atom stereocenters. The molecule has 0 saturated heterocycles. The predicted molar refractivity (Wildman–Crippen MR) is 79.7 cm³/mol. The Morgan fingerprint density at radius 3 is 2.68 bits per heavy atom. The number of hydrogen-bond donors (Lipinski definition) is 1. The maximum absolute atomic E-state index is 8.88. The number of halogens is 2. The molecule has 19 heavy (non-hydrogen) atoms. The van der Waals surface area contributed by atoms with Crippen LogP contribution in [0.3, 0.4) is 0 Å². The van der Waals surface area contributed by atoms with Crippen LogP contribution in [0.4, 0.5) is 5.69 Å². The molecule has 0 saturated carbocycles. The minimum atomic E-state index is 0.000132. The molecule has 0 aliphatic carbocycles. The molecule has 96 valence electrons. The lowest BCUT2D eigenvalue weighted by Gasteiger charge is -2.17. The van der Waals surface area contributed by atoms with Gasteiger partial charge in [-0.1, -0.05) is 29.3 Å². The van der Waals surface area contributed by atoms with Crippen LogP contribution in [-0.4, -0.2) is 0 Å². The van der Waals surface area contributed by atoms with Gasteiger partial charge in [-0.3, -0.25) is 0 Å². The highest BCUT2D eigenvalue weighted by molar-refractivity contribution is 6.33. The van der Waals surface area contributed by atoms with Gasteiger partial charge in [-0.2, -0.15) is 5.26 Å². The van der Waals surface area contributed by atoms with Gasteiger partial charge in [0.2, 0.25) is 0 Å². The normalized spacial score (nSPS) is 11.7. The van der Waals surface area contributed by atoms with Gasteiger partial charge >= 0.3 is 0 Å². The third-order valence-electron chi connectivity index (χ3n) is 2.80. The average molecular weight is 291 g/mol. The Labute approximate surface area is 122 Å². The molecule has 0 aliphatic heterocycles. The van der Waals surface area contributed by atoms with E-state index in [1.807, 2.05) is 25.1 Å². The highest BCUT2D eigenvalue weighted by atomic mass is 35.5. The van der Waals surface area contributed by atoms with E-state index < -0.39 is 0 Å². The number of benzene rings is 2. The first-order chi connectivity index (χ1) is 9.10. The van der Waals surface area contributed by atoms with Crippen LogP contribution in [0.5, 0.6) is 0 Å². The second-order valence-electron chi connectivity index (χ2n) is 4.22. The quantitative estimate of drug-likeness (QED) is 0.860. The van der Waals surface area contributed by atoms with Crippen molar-refractivity contribution >= 4 is 28.9 Å². The van der Waals surface area contributed by atoms with Crippen LogP contribution in [0.15, 0.2) is 42.5 Å². The van der Waals surface area contributed by atoms with E-state index in [1.54, 1.807) is 24.3 Å². The minimum Gasteiger partial charge on any atom is -0.378 e. The van der Waals surface area contributed by atoms with Gasteiger partial charge in [-0.25, -0.2) is 0 Å². The molecular formula is C15H12Cl2N2. The van der Waals surface area contributed by atoms with E-state index in [2.05, 4.69) is 11.4 Å². The molecule has 0 aliphatic rings. The van der Waals surface area contributed by atoms with E-state index in [-0.39, 0.29) is 6.04 Å². The summed E-state index contributed by atoms with van der Waals surface area (Å²) < 4.78 is 0. The molecule has 2 aromatic carbocycles. The Hall–Kier alpha value is -1.69. The zero-order chi connectivity index (χ0) is 13.8. The van der Waals surface area contributed by atoms with Gasteiger partial charge in [0.1, 0.15) is 0 Å². The molecule has 0 spiro atoms. The number of hydrogen-bond acceptors (Lipinski definition) is 2. The number of nitrogens with one attached hydrogen (secondary N) is 1. The molecule has 2 rings (SSSR count). The van der Waals surface area contributed by atoms with E-state index >= 15 is 0 Å². The molecule has 0 heterocycles. The third-order valence-corrected chi connectivity index (χ3v) is 3.38. The average Bonchev–Trinajstić information content (AvgIpc) is 2.41. The number of nitriles is 1. The second kappa shape index (κ2) is 5.97. The van der Waals surface area contributed by atoms with Crippen molar-refractivity contribution in [3.63, 3.8) is 0 Å². The number of anilines is 1. The van der Waals surface area contributed by atoms with Gasteiger partial charge in [0, 0.05) is 15.7 Å². The van der Waals surface area contributed by atoms with E-state index in [0.29, 0.717) is 15.6 Å². The van der Waals surface area contributed by atoms with Gasteiger partial charge in [0.05, 0.1) is 17.7 Å². The van der Waals surface area contributed by atoms with Crippen molar-refractivity contribution in [1.82, 2.24) is 0 Å². The summed E-state index contributed by atoms with van der Waals surface area (Å²) in [5.41, 5.74) is 2.42. The fourth-order valence-electron chi connectivity index (χ4n) is 1.85. The highest BCUT2D eigenvalue weighted by Gasteiger charge is 2.10. The lowest BCUT2D eigenvalue weighted by Crippen LogP contribution is -2.07. The summed E-state index contributed by atoms with van der Waals surface area (Å²) in [6, 6.07) is 14.8. The molecule has 2 nitrogen and oxygen atoms in total. The fraction of sp³-hybridized carbons (Fsp3) is 0.133. The first-order valence-electron chi connectivity index (χ1n) is 5.82. The molecule has 1 N–H and O–H groups in total. The Balaban J connectivity index is 2.23. The summed E-state index contributed by atoms with van der Waals surface area (Å²) >= 11 is 12.1. The van der Waals surface area contributed by atoms with Crippen LogP contribution in [0, 0.1) is 11.3 Å². The second-order valence-corrected chi connectivity index (χ2v) is 5.07. The van der Waals surface area contributed by atoms with Crippen molar-refractivity contribution in [3.8, 4) is 6.07 Å². The van der Waals surface area contributed by atoms with Crippen LogP contribution in [0.1, 0.15) is 24.1 Å². The lowest BCUT2D eigenvalue weighted by atomic mass is 10.1. The summed E-state index contributed by atoms with van der Waals surface area (Å²) in [5.74, 6) is 0. The SMILES string of the molecule is CC(Nc1cccc(C#N)c1)c1cc(Cl)ccc1Cl. The van der Waals surface area contributed by atoms with E-state index in [4.69, 9.17) is 28.5 Å². The van der Waals surface area contributed by atoms with Gasteiger partial charge in [-0.15, -0.1) is 0 Å². The molecule has 0 fully saturated rings. The summed E-state index contributed by atoms with van der Waals surface area (Å²) in [7, 11) is 0. The summed E-state index contributed by atoms with van der Waals surface area (Å²) in [4.78, 5) is 0. The lowest BCUT2D eigenvalue weighted by molar-refractivity contribution is 0.885. The van der Waals surface area contributed by atoms with Crippen molar-refractivity contribution in [1.29, 1.82) is 5.26 Å². The standard InChI is InChI=1S/C15H12Cl2N2/c1-10(14-8-12(16)5-6-15(14)17)19-13-4-2-3-11(7-13)9-18/h2-8,10,19H,1H3. The third kappa shape index (κ3) is 3.41. The topological polar surface area (TPSA) is 35.8 Å². The van der Waals surface area contributed by atoms with Crippen molar-refractivity contribution in [2.75, 3.05) is 5.32 Å². The molecule has 0 aromatic heterocycles. The first-order valence-corrected chi connectivity index (χ1v) is 6.57. The van der Waals surface area contributed by atoms with Crippen molar-refractivity contribution in [3.05, 3.63) is 63.6 Å². The fourth-order valence-corrected chi connectivity index (χ4v) is 2.31. The van der Waals surface area contributed by atoms with E-state index in [9.17, 15) is 0 Å². The summed E-state index contributed by atoms with van der Waals surface area (Å²) in [6.07, 6.45) is 0. The summed E-state index contributed by atoms with van der Waals surface area (Å²) in [5, 5.41) is 13.5. The van der Waals surface area contributed by atoms with Gasteiger partial charge in [-0.05, 0) is 48.9 Å². The molecular weight excluding hydrogens is 279 g/mol. The molecule has 0 bridgehead atoms. The molecule has 2 aromatic rings.